The zero-order valence-corrected chi connectivity index (χ0v) is 18.9. The molecule has 3 aromatic rings. The second kappa shape index (κ2) is 9.65. The number of anilines is 1. The van der Waals surface area contributed by atoms with Crippen LogP contribution in [0.4, 0.5) is 5.69 Å². The van der Waals surface area contributed by atoms with Gasteiger partial charge in [-0.05, 0) is 48.9 Å². The Labute approximate surface area is 189 Å². The summed E-state index contributed by atoms with van der Waals surface area (Å²) in [7, 11) is -3.47. The molecule has 6 nitrogen and oxygen atoms in total. The molecule has 0 unspecified atom stereocenters. The van der Waals surface area contributed by atoms with Crippen molar-refractivity contribution in [2.45, 2.75) is 18.4 Å². The number of amides is 1. The molecule has 0 bridgehead atoms. The van der Waals surface area contributed by atoms with Gasteiger partial charge in [0.25, 0.3) is 5.91 Å². The third-order valence-corrected chi connectivity index (χ3v) is 7.53. The Morgan fingerprint density at radius 1 is 0.875 bits per heavy atom. The molecule has 1 saturated heterocycles. The van der Waals surface area contributed by atoms with Gasteiger partial charge in [-0.15, -0.1) is 0 Å². The number of nitrogens with zero attached hydrogens (tertiary/aromatic N) is 2. The van der Waals surface area contributed by atoms with E-state index in [0.29, 0.717) is 43.2 Å². The van der Waals surface area contributed by atoms with Crippen LogP contribution in [0.25, 0.3) is 0 Å². The minimum atomic E-state index is -3.47. The van der Waals surface area contributed by atoms with Crippen LogP contribution in [0.5, 0.6) is 0 Å². The van der Waals surface area contributed by atoms with E-state index in [9.17, 15) is 13.2 Å². The van der Waals surface area contributed by atoms with Crippen LogP contribution in [0.3, 0.4) is 0 Å². The van der Waals surface area contributed by atoms with E-state index in [4.69, 9.17) is 0 Å². The number of carbonyl (C=O) groups is 1. The van der Waals surface area contributed by atoms with Crippen LogP contribution < -0.4 is 5.32 Å². The van der Waals surface area contributed by atoms with Crippen molar-refractivity contribution in [3.63, 3.8) is 0 Å². The zero-order valence-electron chi connectivity index (χ0n) is 18.1. The van der Waals surface area contributed by atoms with Gasteiger partial charge in [0, 0.05) is 44.0 Å². The number of benzene rings is 3. The van der Waals surface area contributed by atoms with Crippen molar-refractivity contribution < 1.29 is 13.2 Å². The molecule has 1 heterocycles. The fraction of sp³-hybridized carbons (Fsp3) is 0.240. The topological polar surface area (TPSA) is 69.7 Å². The van der Waals surface area contributed by atoms with Gasteiger partial charge in [-0.2, -0.15) is 4.31 Å². The quantitative estimate of drug-likeness (QED) is 0.622. The maximum atomic E-state index is 12.9. The van der Waals surface area contributed by atoms with E-state index in [1.165, 1.54) is 0 Å². The van der Waals surface area contributed by atoms with Crippen LogP contribution in [0, 0.1) is 6.92 Å². The fourth-order valence-electron chi connectivity index (χ4n) is 3.78. The summed E-state index contributed by atoms with van der Waals surface area (Å²) in [6.45, 7) is 4.80. The summed E-state index contributed by atoms with van der Waals surface area (Å²) in [5.74, 6) is -0.146. The lowest BCUT2D eigenvalue weighted by Gasteiger charge is -2.34. The SMILES string of the molecule is Cc1ccc(S(=O)(=O)N2CCN(Cc3cccc(C(=O)Nc4ccccc4)c3)CC2)cc1. The number of piperazine rings is 1. The molecular weight excluding hydrogens is 422 g/mol. The molecule has 0 aliphatic carbocycles. The lowest BCUT2D eigenvalue weighted by Crippen LogP contribution is -2.48. The van der Waals surface area contributed by atoms with E-state index in [0.717, 1.165) is 16.8 Å². The molecule has 3 aromatic carbocycles. The number of para-hydroxylation sites is 1. The van der Waals surface area contributed by atoms with Gasteiger partial charge in [0.2, 0.25) is 10.0 Å². The molecule has 0 spiro atoms. The van der Waals surface area contributed by atoms with Crippen molar-refractivity contribution in [3.05, 3.63) is 95.6 Å². The third-order valence-electron chi connectivity index (χ3n) is 5.62. The first-order chi connectivity index (χ1) is 15.4. The average molecular weight is 450 g/mol. The van der Waals surface area contributed by atoms with Gasteiger partial charge in [0.1, 0.15) is 0 Å². The van der Waals surface area contributed by atoms with Gasteiger partial charge in [-0.25, -0.2) is 8.42 Å². The highest BCUT2D eigenvalue weighted by Crippen LogP contribution is 2.19. The Morgan fingerprint density at radius 3 is 2.25 bits per heavy atom. The number of sulfonamides is 1. The maximum Gasteiger partial charge on any atom is 0.255 e. The molecule has 32 heavy (non-hydrogen) atoms. The Morgan fingerprint density at radius 2 is 1.56 bits per heavy atom. The van der Waals surface area contributed by atoms with Gasteiger partial charge in [0.05, 0.1) is 4.90 Å². The molecule has 0 saturated carbocycles. The van der Waals surface area contributed by atoms with Crippen LogP contribution in [0.15, 0.2) is 83.8 Å². The van der Waals surface area contributed by atoms with Crippen molar-refractivity contribution in [3.8, 4) is 0 Å². The molecular formula is C25H27N3O3S. The van der Waals surface area contributed by atoms with Crippen LogP contribution >= 0.6 is 0 Å². The van der Waals surface area contributed by atoms with E-state index in [1.807, 2.05) is 67.6 Å². The lowest BCUT2D eigenvalue weighted by molar-refractivity contribution is 0.102. The molecule has 1 N–H and O–H groups in total. The number of rotatable bonds is 6. The number of hydrogen-bond donors (Lipinski definition) is 1. The highest BCUT2D eigenvalue weighted by molar-refractivity contribution is 7.89. The van der Waals surface area contributed by atoms with Crippen LogP contribution in [-0.2, 0) is 16.6 Å². The highest BCUT2D eigenvalue weighted by Gasteiger charge is 2.28. The van der Waals surface area contributed by atoms with Crippen molar-refractivity contribution >= 4 is 21.6 Å². The Balaban J connectivity index is 1.36. The summed E-state index contributed by atoms with van der Waals surface area (Å²) >= 11 is 0. The largest absolute Gasteiger partial charge is 0.322 e. The fourth-order valence-corrected chi connectivity index (χ4v) is 5.20. The Bertz CT molecular complexity index is 1170. The predicted molar refractivity (Wildman–Crippen MR) is 126 cm³/mol. The Hall–Kier alpha value is -3.00. The average Bonchev–Trinajstić information content (AvgIpc) is 2.80. The normalized spacial score (nSPS) is 15.4. The first-order valence-electron chi connectivity index (χ1n) is 10.7. The van der Waals surface area contributed by atoms with Gasteiger partial charge < -0.3 is 5.32 Å². The van der Waals surface area contributed by atoms with Gasteiger partial charge in [0.15, 0.2) is 0 Å². The lowest BCUT2D eigenvalue weighted by atomic mass is 10.1. The molecule has 7 heteroatoms. The van der Waals surface area contributed by atoms with Crippen molar-refractivity contribution in [2.24, 2.45) is 0 Å². The monoisotopic (exact) mass is 449 g/mol. The van der Waals surface area contributed by atoms with E-state index in [2.05, 4.69) is 10.2 Å². The molecule has 0 atom stereocenters. The van der Waals surface area contributed by atoms with E-state index in [1.54, 1.807) is 22.5 Å². The van der Waals surface area contributed by atoms with Gasteiger partial charge >= 0.3 is 0 Å². The predicted octanol–water partition coefficient (Wildman–Crippen LogP) is 3.75. The number of hydrogen-bond acceptors (Lipinski definition) is 4. The van der Waals surface area contributed by atoms with Gasteiger partial charge in [-0.1, -0.05) is 48.0 Å². The Kier molecular flexibility index (Phi) is 6.69. The minimum Gasteiger partial charge on any atom is -0.322 e. The minimum absolute atomic E-state index is 0.146. The molecule has 0 aromatic heterocycles. The second-order valence-corrected chi connectivity index (χ2v) is 9.95. The van der Waals surface area contributed by atoms with Crippen molar-refractivity contribution in [1.82, 2.24) is 9.21 Å². The standard InChI is InChI=1S/C25H27N3O3S/c1-20-10-12-24(13-11-20)32(30,31)28-16-14-27(15-17-28)19-21-6-5-7-22(18-21)25(29)26-23-8-3-2-4-9-23/h2-13,18H,14-17,19H2,1H3,(H,26,29). The van der Waals surface area contributed by atoms with Crippen LogP contribution in [0.1, 0.15) is 21.5 Å². The number of aryl methyl sites for hydroxylation is 1. The van der Waals surface area contributed by atoms with E-state index >= 15 is 0 Å². The van der Waals surface area contributed by atoms with E-state index < -0.39 is 10.0 Å². The summed E-state index contributed by atoms with van der Waals surface area (Å²) in [4.78, 5) is 15.1. The molecule has 1 aliphatic heterocycles. The van der Waals surface area contributed by atoms with Crippen molar-refractivity contribution in [1.29, 1.82) is 0 Å². The summed E-state index contributed by atoms with van der Waals surface area (Å²) in [5, 5.41) is 2.90. The number of nitrogens with one attached hydrogen (secondary N) is 1. The van der Waals surface area contributed by atoms with Crippen molar-refractivity contribution in [2.75, 3.05) is 31.5 Å². The van der Waals surface area contributed by atoms with E-state index in [-0.39, 0.29) is 5.91 Å². The van der Waals surface area contributed by atoms with Gasteiger partial charge in [-0.3, -0.25) is 9.69 Å². The molecule has 1 aliphatic rings. The summed E-state index contributed by atoms with van der Waals surface area (Å²) in [6.07, 6.45) is 0. The molecule has 166 valence electrons. The molecule has 0 radical (unpaired) electrons. The summed E-state index contributed by atoms with van der Waals surface area (Å²) in [5.41, 5.74) is 3.43. The molecule has 4 rings (SSSR count). The number of carbonyl (C=O) groups excluding carboxylic acids is 1. The third kappa shape index (κ3) is 5.24. The maximum absolute atomic E-state index is 12.9. The second-order valence-electron chi connectivity index (χ2n) is 8.01. The molecule has 1 amide bonds. The first-order valence-corrected chi connectivity index (χ1v) is 12.1. The smallest absolute Gasteiger partial charge is 0.255 e. The summed E-state index contributed by atoms with van der Waals surface area (Å²) in [6, 6.07) is 23.9. The van der Waals surface area contributed by atoms with Crippen LogP contribution in [-0.4, -0.2) is 49.7 Å². The molecule has 1 fully saturated rings. The highest BCUT2D eigenvalue weighted by atomic mass is 32.2. The van der Waals surface area contributed by atoms with Crippen LogP contribution in [0.2, 0.25) is 0 Å². The zero-order chi connectivity index (χ0) is 22.6. The summed E-state index contributed by atoms with van der Waals surface area (Å²) < 4.78 is 27.3. The first kappa shape index (κ1) is 22.2.